The van der Waals surface area contributed by atoms with E-state index < -0.39 is 45.7 Å². The lowest BCUT2D eigenvalue weighted by atomic mass is 9.80. The van der Waals surface area contributed by atoms with Crippen molar-refractivity contribution in [1.82, 2.24) is 0 Å². The molecule has 2 rings (SSSR count). The van der Waals surface area contributed by atoms with Gasteiger partial charge in [0.25, 0.3) is 0 Å². The van der Waals surface area contributed by atoms with Crippen molar-refractivity contribution in [2.45, 2.75) is 18.3 Å². The summed E-state index contributed by atoms with van der Waals surface area (Å²) in [7, 11) is 1.39. The van der Waals surface area contributed by atoms with Crippen LogP contribution in [0.25, 0.3) is 0 Å². The molecule has 0 aliphatic heterocycles. The van der Waals surface area contributed by atoms with Crippen molar-refractivity contribution >= 4 is 11.6 Å². The van der Waals surface area contributed by atoms with Crippen LogP contribution in [0, 0.1) is 34.6 Å². The van der Waals surface area contributed by atoms with Gasteiger partial charge in [0, 0.05) is 25.2 Å². The maximum absolute atomic E-state index is 14.4. The van der Waals surface area contributed by atoms with Gasteiger partial charge in [-0.1, -0.05) is 23.7 Å². The van der Waals surface area contributed by atoms with Crippen LogP contribution in [0.4, 0.5) is 17.6 Å². The smallest absolute Gasteiger partial charge is 0.165 e. The van der Waals surface area contributed by atoms with Gasteiger partial charge >= 0.3 is 0 Å². The fourth-order valence-corrected chi connectivity index (χ4v) is 2.90. The number of hydrogen-bond donors (Lipinski definition) is 0. The van der Waals surface area contributed by atoms with E-state index in [0.29, 0.717) is 11.6 Å². The van der Waals surface area contributed by atoms with Crippen LogP contribution in [0.15, 0.2) is 30.3 Å². The summed E-state index contributed by atoms with van der Waals surface area (Å²) in [6, 6.07) is 7.47. The molecule has 0 aliphatic rings. The molecule has 0 spiro atoms. The Morgan fingerprint density at radius 1 is 1.12 bits per heavy atom. The Kier molecular flexibility index (Phi) is 6.40. The molecular formula is C18H14ClF4NO. The van der Waals surface area contributed by atoms with E-state index in [0.717, 1.165) is 12.1 Å². The van der Waals surface area contributed by atoms with E-state index in [9.17, 15) is 22.8 Å². The van der Waals surface area contributed by atoms with Crippen LogP contribution in [0.3, 0.4) is 0 Å². The van der Waals surface area contributed by atoms with Gasteiger partial charge in [0.1, 0.15) is 11.6 Å². The fraction of sp³-hybridized carbons (Fsp3) is 0.278. The standard InChI is InChI=1S/C18H14ClF4NO/c1-25-7-6-12(13(9-24)10-2-4-11(20)5-3-10)16-17(22)14(19)8-15(21)18(16)23/h2-5,8,12-13H,6-7H2,1H3. The topological polar surface area (TPSA) is 33.0 Å². The summed E-state index contributed by atoms with van der Waals surface area (Å²) in [5.74, 6) is -6.45. The second-order valence-corrected chi connectivity index (χ2v) is 5.84. The molecule has 0 N–H and O–H groups in total. The molecular weight excluding hydrogens is 358 g/mol. The number of nitrogens with zero attached hydrogens (tertiary/aromatic N) is 1. The molecule has 0 heterocycles. The normalized spacial score (nSPS) is 13.3. The number of ether oxygens (including phenoxy) is 1. The Bertz CT molecular complexity index is 763. The maximum Gasteiger partial charge on any atom is 0.165 e. The van der Waals surface area contributed by atoms with Crippen molar-refractivity contribution in [3.8, 4) is 6.07 Å². The third-order valence-corrected chi connectivity index (χ3v) is 4.20. The molecule has 0 saturated carbocycles. The predicted molar refractivity (Wildman–Crippen MR) is 85.3 cm³/mol. The molecule has 132 valence electrons. The largest absolute Gasteiger partial charge is 0.385 e. The second kappa shape index (κ2) is 8.32. The Morgan fingerprint density at radius 2 is 1.76 bits per heavy atom. The molecule has 2 unspecified atom stereocenters. The summed E-state index contributed by atoms with van der Waals surface area (Å²) in [4.78, 5) is 0. The first-order valence-electron chi connectivity index (χ1n) is 7.37. The molecule has 2 atom stereocenters. The Labute approximate surface area is 147 Å². The lowest BCUT2D eigenvalue weighted by Crippen LogP contribution is -2.17. The van der Waals surface area contributed by atoms with Crippen molar-refractivity contribution in [1.29, 1.82) is 5.26 Å². The van der Waals surface area contributed by atoms with Gasteiger partial charge < -0.3 is 4.74 Å². The number of nitriles is 1. The van der Waals surface area contributed by atoms with Gasteiger partial charge in [-0.3, -0.25) is 0 Å². The van der Waals surface area contributed by atoms with E-state index in [1.54, 1.807) is 0 Å². The number of rotatable bonds is 6. The highest BCUT2D eigenvalue weighted by Crippen LogP contribution is 2.40. The van der Waals surface area contributed by atoms with Crippen molar-refractivity contribution < 1.29 is 22.3 Å². The van der Waals surface area contributed by atoms with Crippen LogP contribution in [-0.4, -0.2) is 13.7 Å². The molecule has 0 aromatic heterocycles. The zero-order valence-electron chi connectivity index (χ0n) is 13.2. The molecule has 2 aromatic carbocycles. The molecule has 0 bridgehead atoms. The number of halogens is 5. The van der Waals surface area contributed by atoms with Crippen LogP contribution < -0.4 is 0 Å². The first kappa shape index (κ1) is 19.2. The fourth-order valence-electron chi connectivity index (χ4n) is 2.71. The average molecular weight is 372 g/mol. The highest BCUT2D eigenvalue weighted by Gasteiger charge is 2.32. The minimum Gasteiger partial charge on any atom is -0.385 e. The monoisotopic (exact) mass is 371 g/mol. The molecule has 0 amide bonds. The summed E-state index contributed by atoms with van der Waals surface area (Å²) in [5, 5.41) is 8.97. The lowest BCUT2D eigenvalue weighted by molar-refractivity contribution is 0.184. The molecule has 7 heteroatoms. The van der Waals surface area contributed by atoms with E-state index in [1.165, 1.54) is 19.2 Å². The average Bonchev–Trinajstić information content (AvgIpc) is 2.59. The molecule has 0 fully saturated rings. The lowest BCUT2D eigenvalue weighted by Gasteiger charge is -2.24. The van der Waals surface area contributed by atoms with E-state index in [1.807, 2.05) is 6.07 Å². The van der Waals surface area contributed by atoms with Crippen molar-refractivity contribution in [3.05, 3.63) is 69.8 Å². The van der Waals surface area contributed by atoms with Crippen LogP contribution in [0.2, 0.25) is 5.02 Å². The molecule has 0 radical (unpaired) electrons. The van der Waals surface area contributed by atoms with Crippen molar-refractivity contribution in [2.75, 3.05) is 13.7 Å². The van der Waals surface area contributed by atoms with Crippen molar-refractivity contribution in [3.63, 3.8) is 0 Å². The van der Waals surface area contributed by atoms with Gasteiger partial charge in [0.2, 0.25) is 0 Å². The summed E-state index contributed by atoms with van der Waals surface area (Å²) in [5.41, 5.74) is -0.262. The van der Waals surface area contributed by atoms with E-state index >= 15 is 0 Å². The van der Waals surface area contributed by atoms with E-state index in [4.69, 9.17) is 16.3 Å². The second-order valence-electron chi connectivity index (χ2n) is 5.43. The van der Waals surface area contributed by atoms with Crippen LogP contribution in [-0.2, 0) is 4.74 Å². The van der Waals surface area contributed by atoms with Crippen LogP contribution in [0.1, 0.15) is 29.4 Å². The molecule has 0 saturated heterocycles. The zero-order valence-corrected chi connectivity index (χ0v) is 14.0. The van der Waals surface area contributed by atoms with Gasteiger partial charge in [0.15, 0.2) is 11.6 Å². The summed E-state index contributed by atoms with van der Waals surface area (Å²) in [6.07, 6.45) is 0.0414. The zero-order chi connectivity index (χ0) is 18.6. The minimum atomic E-state index is -1.40. The maximum atomic E-state index is 14.4. The predicted octanol–water partition coefficient (Wildman–Crippen LogP) is 5.32. The number of methoxy groups -OCH3 is 1. The van der Waals surface area contributed by atoms with E-state index in [-0.39, 0.29) is 13.0 Å². The van der Waals surface area contributed by atoms with Crippen LogP contribution >= 0.6 is 11.6 Å². The quantitative estimate of drug-likeness (QED) is 0.508. The Balaban J connectivity index is 2.60. The van der Waals surface area contributed by atoms with Gasteiger partial charge in [-0.15, -0.1) is 0 Å². The van der Waals surface area contributed by atoms with Gasteiger partial charge in [-0.25, -0.2) is 17.6 Å². The highest BCUT2D eigenvalue weighted by molar-refractivity contribution is 6.30. The van der Waals surface area contributed by atoms with Gasteiger partial charge in [-0.2, -0.15) is 5.26 Å². The van der Waals surface area contributed by atoms with Crippen molar-refractivity contribution in [2.24, 2.45) is 0 Å². The third kappa shape index (κ3) is 4.12. The van der Waals surface area contributed by atoms with Gasteiger partial charge in [0.05, 0.1) is 17.0 Å². The summed E-state index contributed by atoms with van der Waals surface area (Å²) >= 11 is 5.64. The molecule has 25 heavy (non-hydrogen) atoms. The van der Waals surface area contributed by atoms with Crippen LogP contribution in [0.5, 0.6) is 0 Å². The SMILES string of the molecule is COCCC(c1c(F)c(F)cc(Cl)c1F)C(C#N)c1ccc(F)cc1. The number of hydrogen-bond acceptors (Lipinski definition) is 2. The Hall–Kier alpha value is -2.10. The molecule has 2 nitrogen and oxygen atoms in total. The third-order valence-electron chi connectivity index (χ3n) is 3.92. The first-order valence-corrected chi connectivity index (χ1v) is 7.75. The highest BCUT2D eigenvalue weighted by atomic mass is 35.5. The first-order chi connectivity index (χ1) is 11.9. The summed E-state index contributed by atoms with van der Waals surface area (Å²) in [6.45, 7) is 0.0804. The van der Waals surface area contributed by atoms with Gasteiger partial charge in [-0.05, 0) is 30.2 Å². The minimum absolute atomic E-state index is 0.0414. The Morgan fingerprint density at radius 3 is 2.32 bits per heavy atom. The molecule has 2 aromatic rings. The van der Waals surface area contributed by atoms with E-state index in [2.05, 4.69) is 0 Å². The number of benzene rings is 2. The molecule has 0 aliphatic carbocycles. The summed E-state index contributed by atoms with van der Waals surface area (Å²) < 4.78 is 60.6.